The third-order valence-corrected chi connectivity index (χ3v) is 2.71. The molecule has 1 saturated carbocycles. The topological polar surface area (TPSA) is 24.9 Å². The maximum Gasteiger partial charge on any atom is 0.166 e. The molecule has 0 saturated heterocycles. The van der Waals surface area contributed by atoms with Crippen LogP contribution < -0.4 is 5.32 Å². The lowest BCUT2D eigenvalue weighted by atomic mass is 10.2. The second-order valence-corrected chi connectivity index (χ2v) is 4.05. The van der Waals surface area contributed by atoms with Crippen LogP contribution in [0.2, 0.25) is 5.02 Å². The summed E-state index contributed by atoms with van der Waals surface area (Å²) >= 11 is 5.60. The Bertz CT molecular complexity index is 324. The molecule has 1 N–H and O–H groups in total. The van der Waals surface area contributed by atoms with E-state index in [-0.39, 0.29) is 5.82 Å². The predicted octanol–water partition coefficient (Wildman–Crippen LogP) is 3.23. The van der Waals surface area contributed by atoms with Gasteiger partial charge in [-0.1, -0.05) is 24.4 Å². The minimum Gasteiger partial charge on any atom is -0.365 e. The summed E-state index contributed by atoms with van der Waals surface area (Å²) < 4.78 is 13.3. The summed E-state index contributed by atoms with van der Waals surface area (Å²) in [7, 11) is 0. The van der Waals surface area contributed by atoms with Gasteiger partial charge < -0.3 is 5.32 Å². The van der Waals surface area contributed by atoms with Crippen molar-refractivity contribution >= 4 is 17.4 Å². The molecule has 1 aromatic rings. The average molecular weight is 215 g/mol. The molecule has 1 fully saturated rings. The molecular formula is C10H12ClFN2. The van der Waals surface area contributed by atoms with E-state index in [2.05, 4.69) is 10.3 Å². The van der Waals surface area contributed by atoms with Crippen LogP contribution in [0.3, 0.4) is 0 Å². The zero-order valence-electron chi connectivity index (χ0n) is 7.76. The summed E-state index contributed by atoms with van der Waals surface area (Å²) in [5, 5.41) is 3.42. The van der Waals surface area contributed by atoms with Gasteiger partial charge in [0.25, 0.3) is 0 Å². The minimum atomic E-state index is -0.371. The summed E-state index contributed by atoms with van der Waals surface area (Å²) in [6.45, 7) is 0. The van der Waals surface area contributed by atoms with Crippen molar-refractivity contribution in [3.8, 4) is 0 Å². The normalized spacial score (nSPS) is 17.3. The molecule has 4 heteroatoms. The molecule has 0 amide bonds. The van der Waals surface area contributed by atoms with Gasteiger partial charge in [0.15, 0.2) is 11.6 Å². The van der Waals surface area contributed by atoms with Gasteiger partial charge in [0.2, 0.25) is 0 Å². The Morgan fingerprint density at radius 2 is 2.14 bits per heavy atom. The highest BCUT2D eigenvalue weighted by atomic mass is 35.5. The van der Waals surface area contributed by atoms with Crippen LogP contribution in [-0.4, -0.2) is 11.0 Å². The first kappa shape index (κ1) is 9.71. The van der Waals surface area contributed by atoms with Gasteiger partial charge in [0.1, 0.15) is 0 Å². The summed E-state index contributed by atoms with van der Waals surface area (Å²) in [6, 6.07) is 1.66. The molecular weight excluding hydrogens is 203 g/mol. The first-order valence-corrected chi connectivity index (χ1v) is 5.21. The summed E-state index contributed by atoms with van der Waals surface area (Å²) in [5.41, 5.74) is 0. The van der Waals surface area contributed by atoms with Gasteiger partial charge in [-0.15, -0.1) is 0 Å². The van der Waals surface area contributed by atoms with Crippen LogP contribution in [-0.2, 0) is 0 Å². The molecule has 0 atom stereocenters. The molecule has 0 unspecified atom stereocenters. The molecule has 76 valence electrons. The first-order valence-electron chi connectivity index (χ1n) is 4.83. The SMILES string of the molecule is Fc1cc(Cl)cnc1NC1CCCC1. The Hall–Kier alpha value is -0.830. The predicted molar refractivity (Wildman–Crippen MR) is 55.1 cm³/mol. The van der Waals surface area contributed by atoms with E-state index in [1.54, 1.807) is 0 Å². The van der Waals surface area contributed by atoms with Crippen molar-refractivity contribution in [2.75, 3.05) is 5.32 Å². The van der Waals surface area contributed by atoms with E-state index in [1.807, 2.05) is 0 Å². The Kier molecular flexibility index (Phi) is 2.87. The van der Waals surface area contributed by atoms with Crippen LogP contribution in [0.1, 0.15) is 25.7 Å². The fraction of sp³-hybridized carbons (Fsp3) is 0.500. The molecule has 0 bridgehead atoms. The number of nitrogens with one attached hydrogen (secondary N) is 1. The van der Waals surface area contributed by atoms with Crippen molar-refractivity contribution in [2.45, 2.75) is 31.7 Å². The monoisotopic (exact) mass is 214 g/mol. The fourth-order valence-electron chi connectivity index (χ4n) is 1.78. The third-order valence-electron chi connectivity index (χ3n) is 2.50. The molecule has 0 aromatic carbocycles. The second kappa shape index (κ2) is 4.13. The first-order chi connectivity index (χ1) is 6.75. The third kappa shape index (κ3) is 2.15. The maximum absolute atomic E-state index is 13.3. The number of anilines is 1. The molecule has 14 heavy (non-hydrogen) atoms. The van der Waals surface area contributed by atoms with Gasteiger partial charge in [-0.05, 0) is 18.9 Å². The zero-order valence-corrected chi connectivity index (χ0v) is 8.52. The van der Waals surface area contributed by atoms with E-state index in [0.717, 1.165) is 12.8 Å². The van der Waals surface area contributed by atoms with Crippen molar-refractivity contribution in [3.05, 3.63) is 23.1 Å². The van der Waals surface area contributed by atoms with E-state index in [4.69, 9.17) is 11.6 Å². The molecule has 1 aliphatic carbocycles. The van der Waals surface area contributed by atoms with Crippen LogP contribution in [0.4, 0.5) is 10.2 Å². The van der Waals surface area contributed by atoms with E-state index >= 15 is 0 Å². The molecule has 1 aliphatic rings. The van der Waals surface area contributed by atoms with Gasteiger partial charge in [0.05, 0.1) is 5.02 Å². The Morgan fingerprint density at radius 3 is 2.79 bits per heavy atom. The maximum atomic E-state index is 13.3. The standard InChI is InChI=1S/C10H12ClFN2/c11-7-5-9(12)10(13-6-7)14-8-3-1-2-4-8/h5-6,8H,1-4H2,(H,13,14). The molecule has 0 radical (unpaired) electrons. The van der Waals surface area contributed by atoms with Crippen molar-refractivity contribution in [2.24, 2.45) is 0 Å². The van der Waals surface area contributed by atoms with Crippen molar-refractivity contribution in [1.82, 2.24) is 4.98 Å². The van der Waals surface area contributed by atoms with Crippen LogP contribution in [0.25, 0.3) is 0 Å². The lowest BCUT2D eigenvalue weighted by Gasteiger charge is -2.12. The quantitative estimate of drug-likeness (QED) is 0.818. The van der Waals surface area contributed by atoms with E-state index in [0.29, 0.717) is 16.9 Å². The fourth-order valence-corrected chi connectivity index (χ4v) is 1.93. The average Bonchev–Trinajstić information content (AvgIpc) is 2.62. The lowest BCUT2D eigenvalue weighted by molar-refractivity contribution is 0.617. The van der Waals surface area contributed by atoms with Crippen LogP contribution in [0, 0.1) is 5.82 Å². The van der Waals surface area contributed by atoms with Crippen molar-refractivity contribution < 1.29 is 4.39 Å². The number of nitrogens with zero attached hydrogens (tertiary/aromatic N) is 1. The summed E-state index contributed by atoms with van der Waals surface area (Å²) in [6.07, 6.45) is 6.09. The molecule has 1 aromatic heterocycles. The Morgan fingerprint density at radius 1 is 1.43 bits per heavy atom. The van der Waals surface area contributed by atoms with Crippen LogP contribution in [0.5, 0.6) is 0 Å². The Balaban J connectivity index is 2.08. The molecule has 0 aliphatic heterocycles. The van der Waals surface area contributed by atoms with Crippen LogP contribution in [0.15, 0.2) is 12.3 Å². The number of hydrogen-bond donors (Lipinski definition) is 1. The minimum absolute atomic E-state index is 0.321. The molecule has 0 spiro atoms. The number of hydrogen-bond acceptors (Lipinski definition) is 2. The van der Waals surface area contributed by atoms with Gasteiger partial charge in [0, 0.05) is 12.2 Å². The van der Waals surface area contributed by atoms with Gasteiger partial charge in [-0.3, -0.25) is 0 Å². The number of halogens is 2. The lowest BCUT2D eigenvalue weighted by Crippen LogP contribution is -2.16. The van der Waals surface area contributed by atoms with Crippen molar-refractivity contribution in [1.29, 1.82) is 0 Å². The highest BCUT2D eigenvalue weighted by Gasteiger charge is 2.16. The molecule has 1 heterocycles. The van der Waals surface area contributed by atoms with Crippen LogP contribution >= 0.6 is 11.6 Å². The summed E-state index contributed by atoms with van der Waals surface area (Å²) in [5.74, 6) is -0.0503. The Labute approximate surface area is 87.5 Å². The molecule has 2 rings (SSSR count). The molecule has 2 nitrogen and oxygen atoms in total. The van der Waals surface area contributed by atoms with Crippen molar-refractivity contribution in [3.63, 3.8) is 0 Å². The highest BCUT2D eigenvalue weighted by Crippen LogP contribution is 2.23. The number of aromatic nitrogens is 1. The summed E-state index contributed by atoms with van der Waals surface area (Å²) in [4.78, 5) is 3.92. The van der Waals surface area contributed by atoms with Gasteiger partial charge in [-0.25, -0.2) is 9.37 Å². The second-order valence-electron chi connectivity index (χ2n) is 3.61. The van der Waals surface area contributed by atoms with Gasteiger partial charge in [-0.2, -0.15) is 0 Å². The van der Waals surface area contributed by atoms with E-state index in [1.165, 1.54) is 25.1 Å². The number of rotatable bonds is 2. The van der Waals surface area contributed by atoms with E-state index in [9.17, 15) is 4.39 Å². The van der Waals surface area contributed by atoms with Gasteiger partial charge >= 0.3 is 0 Å². The highest BCUT2D eigenvalue weighted by molar-refractivity contribution is 6.30. The van der Waals surface area contributed by atoms with E-state index < -0.39 is 0 Å². The number of pyridine rings is 1. The zero-order chi connectivity index (χ0) is 9.97. The largest absolute Gasteiger partial charge is 0.365 e. The smallest absolute Gasteiger partial charge is 0.166 e.